The smallest absolute Gasteiger partial charge is 0.228 e. The number of hydrogen-bond acceptors (Lipinski definition) is 3. The van der Waals surface area contributed by atoms with Gasteiger partial charge in [-0.15, -0.1) is 11.3 Å². The minimum Gasteiger partial charge on any atom is -0.396 e. The van der Waals surface area contributed by atoms with E-state index in [0.29, 0.717) is 6.54 Å². The molecule has 1 heterocycles. The predicted octanol–water partition coefficient (Wildman–Crippen LogP) is 2.91. The van der Waals surface area contributed by atoms with Gasteiger partial charge >= 0.3 is 0 Å². The van der Waals surface area contributed by atoms with Gasteiger partial charge in [-0.2, -0.15) is 0 Å². The monoisotopic (exact) mass is 281 g/mol. The topological polar surface area (TPSA) is 49.3 Å². The van der Waals surface area contributed by atoms with Crippen molar-refractivity contribution in [1.29, 1.82) is 0 Å². The Kier molecular flexibility index (Phi) is 4.99. The Morgan fingerprint density at radius 2 is 2.26 bits per heavy atom. The van der Waals surface area contributed by atoms with Crippen LogP contribution in [0.1, 0.15) is 49.8 Å². The molecule has 1 amide bonds. The summed E-state index contributed by atoms with van der Waals surface area (Å²) in [5, 5.41) is 14.3. The second kappa shape index (κ2) is 6.53. The van der Waals surface area contributed by atoms with Crippen molar-refractivity contribution in [2.45, 2.75) is 44.9 Å². The summed E-state index contributed by atoms with van der Waals surface area (Å²) in [6.07, 6.45) is 5.50. The minimum atomic E-state index is -0.0763. The van der Waals surface area contributed by atoms with E-state index in [1.165, 1.54) is 12.8 Å². The van der Waals surface area contributed by atoms with Gasteiger partial charge < -0.3 is 10.4 Å². The van der Waals surface area contributed by atoms with Crippen LogP contribution < -0.4 is 5.32 Å². The van der Waals surface area contributed by atoms with Gasteiger partial charge in [0.25, 0.3) is 0 Å². The van der Waals surface area contributed by atoms with Crippen LogP contribution in [-0.4, -0.2) is 24.2 Å². The summed E-state index contributed by atoms with van der Waals surface area (Å²) < 4.78 is 0. The number of hydrogen-bond donors (Lipinski definition) is 2. The third-order valence-electron chi connectivity index (χ3n) is 4.31. The highest BCUT2D eigenvalue weighted by atomic mass is 32.1. The molecule has 2 rings (SSSR count). The van der Waals surface area contributed by atoms with Crippen LogP contribution in [0.15, 0.2) is 17.5 Å². The van der Waals surface area contributed by atoms with Crippen molar-refractivity contribution < 1.29 is 9.90 Å². The van der Waals surface area contributed by atoms with Crippen molar-refractivity contribution in [3.05, 3.63) is 22.4 Å². The summed E-state index contributed by atoms with van der Waals surface area (Å²) in [6.45, 7) is 2.88. The number of carbonyl (C=O) groups excluding carboxylic acids is 1. The van der Waals surface area contributed by atoms with E-state index in [2.05, 4.69) is 5.32 Å². The van der Waals surface area contributed by atoms with Crippen LogP contribution in [-0.2, 0) is 4.79 Å². The van der Waals surface area contributed by atoms with Crippen molar-refractivity contribution in [3.8, 4) is 0 Å². The lowest BCUT2D eigenvalue weighted by Crippen LogP contribution is -2.38. The molecule has 106 valence electrons. The third kappa shape index (κ3) is 3.57. The van der Waals surface area contributed by atoms with E-state index in [1.807, 2.05) is 24.4 Å². The fourth-order valence-electron chi connectivity index (χ4n) is 2.97. The summed E-state index contributed by atoms with van der Waals surface area (Å²) >= 11 is 1.63. The SMILES string of the molecule is CC(C(=O)NCC1(CCO)CCCC1)c1cccs1. The van der Waals surface area contributed by atoms with Gasteiger partial charge in [0, 0.05) is 18.0 Å². The third-order valence-corrected chi connectivity index (χ3v) is 5.36. The number of rotatable bonds is 6. The average Bonchev–Trinajstić information content (AvgIpc) is 3.07. The Labute approximate surface area is 119 Å². The zero-order valence-corrected chi connectivity index (χ0v) is 12.3. The first kappa shape index (κ1) is 14.5. The number of thiophene rings is 1. The number of aliphatic hydroxyl groups is 1. The molecule has 0 bridgehead atoms. The molecule has 1 fully saturated rings. The second-order valence-electron chi connectivity index (χ2n) is 5.64. The molecular formula is C15H23NO2S. The van der Waals surface area contributed by atoms with E-state index in [9.17, 15) is 9.90 Å². The first-order valence-corrected chi connectivity index (χ1v) is 7.97. The molecule has 3 nitrogen and oxygen atoms in total. The lowest BCUT2D eigenvalue weighted by atomic mass is 9.83. The molecule has 4 heteroatoms. The van der Waals surface area contributed by atoms with Gasteiger partial charge in [0.1, 0.15) is 0 Å². The van der Waals surface area contributed by atoms with E-state index in [4.69, 9.17) is 0 Å². The fraction of sp³-hybridized carbons (Fsp3) is 0.667. The molecule has 1 atom stereocenters. The molecule has 0 spiro atoms. The molecule has 0 saturated heterocycles. The first-order valence-electron chi connectivity index (χ1n) is 7.09. The normalized spacial score (nSPS) is 19.3. The molecule has 1 aromatic heterocycles. The molecule has 2 N–H and O–H groups in total. The summed E-state index contributed by atoms with van der Waals surface area (Å²) in [4.78, 5) is 13.3. The molecule has 1 unspecified atom stereocenters. The van der Waals surface area contributed by atoms with E-state index >= 15 is 0 Å². The Morgan fingerprint density at radius 1 is 1.53 bits per heavy atom. The zero-order chi connectivity index (χ0) is 13.7. The van der Waals surface area contributed by atoms with Crippen LogP contribution in [0.25, 0.3) is 0 Å². The van der Waals surface area contributed by atoms with Crippen LogP contribution >= 0.6 is 11.3 Å². The molecule has 1 saturated carbocycles. The highest BCUT2D eigenvalue weighted by molar-refractivity contribution is 7.10. The summed E-state index contributed by atoms with van der Waals surface area (Å²) in [6, 6.07) is 3.99. The van der Waals surface area contributed by atoms with Gasteiger partial charge in [-0.3, -0.25) is 4.79 Å². The van der Waals surface area contributed by atoms with Crippen molar-refractivity contribution in [1.82, 2.24) is 5.32 Å². The number of nitrogens with one attached hydrogen (secondary N) is 1. The van der Waals surface area contributed by atoms with Gasteiger partial charge in [-0.1, -0.05) is 18.9 Å². The van der Waals surface area contributed by atoms with Crippen LogP contribution in [0.4, 0.5) is 0 Å². The van der Waals surface area contributed by atoms with Crippen LogP contribution in [0.3, 0.4) is 0 Å². The van der Waals surface area contributed by atoms with Gasteiger partial charge in [-0.25, -0.2) is 0 Å². The van der Waals surface area contributed by atoms with Crippen molar-refractivity contribution in [3.63, 3.8) is 0 Å². The van der Waals surface area contributed by atoms with Crippen LogP contribution in [0, 0.1) is 5.41 Å². The molecule has 0 aliphatic heterocycles. The molecule has 0 radical (unpaired) electrons. The van der Waals surface area contributed by atoms with Gasteiger partial charge in [-0.05, 0) is 43.0 Å². The Bertz CT molecular complexity index is 396. The van der Waals surface area contributed by atoms with Crippen molar-refractivity contribution in [2.75, 3.05) is 13.2 Å². The van der Waals surface area contributed by atoms with Gasteiger partial charge in [0.15, 0.2) is 0 Å². The Morgan fingerprint density at radius 3 is 2.84 bits per heavy atom. The van der Waals surface area contributed by atoms with Crippen molar-refractivity contribution in [2.24, 2.45) is 5.41 Å². The second-order valence-corrected chi connectivity index (χ2v) is 6.61. The maximum absolute atomic E-state index is 12.2. The van der Waals surface area contributed by atoms with Crippen molar-refractivity contribution >= 4 is 17.2 Å². The molecule has 1 aliphatic carbocycles. The molecule has 1 aliphatic rings. The number of aliphatic hydroxyl groups excluding tert-OH is 1. The Balaban J connectivity index is 1.88. The van der Waals surface area contributed by atoms with Gasteiger partial charge in [0.2, 0.25) is 5.91 Å². The maximum atomic E-state index is 12.2. The summed E-state index contributed by atoms with van der Waals surface area (Å²) in [5.41, 5.74) is 0.138. The molecule has 0 aromatic carbocycles. The summed E-state index contributed by atoms with van der Waals surface area (Å²) in [5.74, 6) is 0.0271. The number of amides is 1. The van der Waals surface area contributed by atoms with Gasteiger partial charge in [0.05, 0.1) is 5.92 Å². The lowest BCUT2D eigenvalue weighted by molar-refractivity contribution is -0.122. The minimum absolute atomic E-state index is 0.0763. The zero-order valence-electron chi connectivity index (χ0n) is 11.5. The summed E-state index contributed by atoms with van der Waals surface area (Å²) in [7, 11) is 0. The van der Waals surface area contributed by atoms with Crippen LogP contribution in [0.5, 0.6) is 0 Å². The van der Waals surface area contributed by atoms with Crippen LogP contribution in [0.2, 0.25) is 0 Å². The first-order chi connectivity index (χ1) is 9.17. The standard InChI is InChI=1S/C15H23NO2S/c1-12(13-5-4-10-19-13)14(18)16-11-15(8-9-17)6-2-3-7-15/h4-5,10,12,17H,2-3,6-9,11H2,1H3,(H,16,18). The van der Waals surface area contributed by atoms with E-state index in [1.54, 1.807) is 11.3 Å². The van der Waals surface area contributed by atoms with E-state index in [-0.39, 0.29) is 23.8 Å². The number of carbonyl (C=O) groups is 1. The molecule has 19 heavy (non-hydrogen) atoms. The largest absolute Gasteiger partial charge is 0.396 e. The van der Waals surface area contributed by atoms with E-state index in [0.717, 1.165) is 24.1 Å². The Hall–Kier alpha value is -0.870. The van der Waals surface area contributed by atoms with E-state index < -0.39 is 0 Å². The molecular weight excluding hydrogens is 258 g/mol. The maximum Gasteiger partial charge on any atom is 0.228 e. The highest BCUT2D eigenvalue weighted by Gasteiger charge is 2.33. The lowest BCUT2D eigenvalue weighted by Gasteiger charge is -2.29. The quantitative estimate of drug-likeness (QED) is 0.842. The highest BCUT2D eigenvalue weighted by Crippen LogP contribution is 2.40. The fourth-order valence-corrected chi connectivity index (χ4v) is 3.75. The average molecular weight is 281 g/mol. The molecule has 1 aromatic rings. The predicted molar refractivity (Wildman–Crippen MR) is 78.3 cm³/mol.